The van der Waals surface area contributed by atoms with E-state index in [0.29, 0.717) is 22.2 Å². The van der Waals surface area contributed by atoms with Crippen molar-refractivity contribution in [1.29, 1.82) is 0 Å². The number of halogens is 2. The third-order valence-electron chi connectivity index (χ3n) is 5.79. The summed E-state index contributed by atoms with van der Waals surface area (Å²) >= 11 is 0. The molecule has 154 valence electrons. The van der Waals surface area contributed by atoms with Gasteiger partial charge < -0.3 is 14.3 Å². The van der Waals surface area contributed by atoms with Crippen LogP contribution in [0.3, 0.4) is 0 Å². The first kappa shape index (κ1) is 18.7. The smallest absolute Gasteiger partial charge is 0.291 e. The van der Waals surface area contributed by atoms with Crippen molar-refractivity contribution in [3.8, 4) is 5.75 Å². The Morgan fingerprint density at radius 3 is 2.73 bits per heavy atom. The summed E-state index contributed by atoms with van der Waals surface area (Å²) in [5.74, 6) is -0.975. The van der Waals surface area contributed by atoms with Crippen molar-refractivity contribution in [2.45, 2.75) is 38.1 Å². The number of benzene rings is 1. The Hall–Kier alpha value is -3.36. The highest BCUT2D eigenvalue weighted by Gasteiger charge is 2.26. The first-order valence-electron chi connectivity index (χ1n) is 9.82. The standard InChI is InChI=1S/C21H19F2N5O2/c1-30-17-13(12-6-7-14(22)15(23)16(12)26-21(17)29)10-28-19(11-4-2-3-5-11)27-18-20(28)25-9-8-24-18/h6-9,11H,2-5,10H2,1H3,(H,26,29). The molecule has 1 saturated carbocycles. The fourth-order valence-electron chi connectivity index (χ4n) is 4.41. The van der Waals surface area contributed by atoms with Gasteiger partial charge in [-0.3, -0.25) is 4.79 Å². The zero-order chi connectivity index (χ0) is 20.8. The van der Waals surface area contributed by atoms with Crippen LogP contribution in [-0.2, 0) is 6.54 Å². The summed E-state index contributed by atoms with van der Waals surface area (Å²) in [6.45, 7) is 0.176. The van der Waals surface area contributed by atoms with Gasteiger partial charge in [0.15, 0.2) is 28.7 Å². The van der Waals surface area contributed by atoms with Crippen LogP contribution in [0, 0.1) is 11.6 Å². The second-order valence-corrected chi connectivity index (χ2v) is 7.49. The van der Waals surface area contributed by atoms with E-state index in [1.165, 1.54) is 13.2 Å². The normalized spacial score (nSPS) is 14.8. The van der Waals surface area contributed by atoms with E-state index in [-0.39, 0.29) is 23.7 Å². The van der Waals surface area contributed by atoms with Crippen LogP contribution in [0.2, 0.25) is 0 Å². The summed E-state index contributed by atoms with van der Waals surface area (Å²) < 4.78 is 35.5. The van der Waals surface area contributed by atoms with Gasteiger partial charge >= 0.3 is 0 Å². The summed E-state index contributed by atoms with van der Waals surface area (Å²) in [4.78, 5) is 28.4. The molecule has 1 aliphatic carbocycles. The van der Waals surface area contributed by atoms with E-state index in [1.807, 2.05) is 4.57 Å². The Bertz CT molecular complexity index is 1320. The number of H-pyrrole nitrogens is 1. The lowest BCUT2D eigenvalue weighted by molar-refractivity contribution is 0.402. The molecule has 3 aromatic heterocycles. The average molecular weight is 411 g/mol. The summed E-state index contributed by atoms with van der Waals surface area (Å²) in [6.07, 6.45) is 7.43. The number of hydrogen-bond acceptors (Lipinski definition) is 5. The van der Waals surface area contributed by atoms with Crippen molar-refractivity contribution in [2.75, 3.05) is 7.11 Å². The van der Waals surface area contributed by atoms with Gasteiger partial charge in [0.1, 0.15) is 5.82 Å². The summed E-state index contributed by atoms with van der Waals surface area (Å²) in [7, 11) is 1.38. The largest absolute Gasteiger partial charge is 0.491 e. The lowest BCUT2D eigenvalue weighted by Gasteiger charge is -2.16. The van der Waals surface area contributed by atoms with Gasteiger partial charge in [-0.2, -0.15) is 0 Å². The minimum absolute atomic E-state index is 0.0524. The third-order valence-corrected chi connectivity index (χ3v) is 5.79. The topological polar surface area (TPSA) is 85.7 Å². The molecule has 1 fully saturated rings. The Labute approximate surface area is 169 Å². The van der Waals surface area contributed by atoms with Crippen molar-refractivity contribution < 1.29 is 13.5 Å². The maximum absolute atomic E-state index is 14.4. The maximum atomic E-state index is 14.4. The molecular formula is C21H19F2N5O2. The van der Waals surface area contributed by atoms with E-state index in [2.05, 4.69) is 15.0 Å². The van der Waals surface area contributed by atoms with E-state index >= 15 is 0 Å². The lowest BCUT2D eigenvalue weighted by atomic mass is 10.1. The van der Waals surface area contributed by atoms with Crippen LogP contribution in [0.5, 0.6) is 5.75 Å². The maximum Gasteiger partial charge on any atom is 0.291 e. The number of aromatic amines is 1. The number of hydrogen-bond donors (Lipinski definition) is 1. The van der Waals surface area contributed by atoms with E-state index in [0.717, 1.165) is 37.6 Å². The van der Waals surface area contributed by atoms with E-state index in [1.54, 1.807) is 12.4 Å². The molecule has 4 aromatic rings. The zero-order valence-electron chi connectivity index (χ0n) is 16.3. The van der Waals surface area contributed by atoms with Crippen LogP contribution in [0.25, 0.3) is 22.2 Å². The van der Waals surface area contributed by atoms with Gasteiger partial charge in [0, 0.05) is 29.3 Å². The number of pyridine rings is 1. The number of ether oxygens (including phenoxy) is 1. The molecule has 9 heteroatoms. The Balaban J connectivity index is 1.77. The SMILES string of the molecule is COc1c(Cn2c(C3CCCC3)nc3nccnc32)c2ccc(F)c(F)c2[nH]c1=O. The van der Waals surface area contributed by atoms with Crippen LogP contribution < -0.4 is 10.3 Å². The molecular weight excluding hydrogens is 392 g/mol. The molecule has 0 radical (unpaired) electrons. The predicted molar refractivity (Wildman–Crippen MR) is 107 cm³/mol. The molecule has 1 aliphatic rings. The van der Waals surface area contributed by atoms with Crippen LogP contribution in [-0.4, -0.2) is 31.6 Å². The highest BCUT2D eigenvalue weighted by molar-refractivity contribution is 5.85. The molecule has 7 nitrogen and oxygen atoms in total. The van der Waals surface area contributed by atoms with Gasteiger partial charge in [0.2, 0.25) is 0 Å². The number of fused-ring (bicyclic) bond motifs is 2. The van der Waals surface area contributed by atoms with Crippen molar-refractivity contribution in [3.05, 3.63) is 57.9 Å². The number of imidazole rings is 1. The fraction of sp³-hybridized carbons (Fsp3) is 0.333. The summed E-state index contributed by atoms with van der Waals surface area (Å²) in [5.41, 5.74) is 0.734. The first-order valence-corrected chi connectivity index (χ1v) is 9.82. The van der Waals surface area contributed by atoms with Gasteiger partial charge in [0.25, 0.3) is 5.56 Å². The Morgan fingerprint density at radius 2 is 1.97 bits per heavy atom. The van der Waals surface area contributed by atoms with Crippen molar-refractivity contribution in [1.82, 2.24) is 24.5 Å². The average Bonchev–Trinajstić information content (AvgIpc) is 3.39. The second kappa shape index (κ2) is 7.16. The number of aromatic nitrogens is 5. The molecule has 1 N–H and O–H groups in total. The monoisotopic (exact) mass is 411 g/mol. The van der Waals surface area contributed by atoms with Gasteiger partial charge in [-0.1, -0.05) is 12.8 Å². The molecule has 0 saturated heterocycles. The quantitative estimate of drug-likeness (QED) is 0.554. The molecule has 3 heterocycles. The summed E-state index contributed by atoms with van der Waals surface area (Å²) in [5, 5.41) is 0.369. The molecule has 5 rings (SSSR count). The van der Waals surface area contributed by atoms with E-state index in [9.17, 15) is 13.6 Å². The van der Waals surface area contributed by atoms with E-state index < -0.39 is 17.2 Å². The number of nitrogens with one attached hydrogen (secondary N) is 1. The molecule has 0 spiro atoms. The van der Waals surface area contributed by atoms with Crippen LogP contribution in [0.1, 0.15) is 43.0 Å². The molecule has 0 amide bonds. The molecule has 30 heavy (non-hydrogen) atoms. The first-order chi connectivity index (χ1) is 14.6. The molecule has 0 unspecified atom stereocenters. The Morgan fingerprint density at radius 1 is 1.20 bits per heavy atom. The number of methoxy groups -OCH3 is 1. The predicted octanol–water partition coefficient (Wildman–Crippen LogP) is 3.66. The number of nitrogens with zero attached hydrogens (tertiary/aromatic N) is 4. The number of rotatable bonds is 4. The van der Waals surface area contributed by atoms with E-state index in [4.69, 9.17) is 9.72 Å². The van der Waals surface area contributed by atoms with Crippen molar-refractivity contribution in [2.24, 2.45) is 0 Å². The van der Waals surface area contributed by atoms with Gasteiger partial charge in [0.05, 0.1) is 19.2 Å². The minimum atomic E-state index is -1.10. The van der Waals surface area contributed by atoms with Gasteiger partial charge in [-0.25, -0.2) is 23.7 Å². The molecule has 0 bridgehead atoms. The lowest BCUT2D eigenvalue weighted by Crippen LogP contribution is -2.17. The molecule has 0 atom stereocenters. The highest BCUT2D eigenvalue weighted by Crippen LogP contribution is 2.36. The zero-order valence-corrected chi connectivity index (χ0v) is 16.3. The minimum Gasteiger partial charge on any atom is -0.491 e. The second-order valence-electron chi connectivity index (χ2n) is 7.49. The molecule has 1 aromatic carbocycles. The third kappa shape index (κ3) is 2.84. The van der Waals surface area contributed by atoms with Gasteiger partial charge in [-0.05, 0) is 25.0 Å². The van der Waals surface area contributed by atoms with Crippen LogP contribution in [0.4, 0.5) is 8.78 Å². The summed E-state index contributed by atoms with van der Waals surface area (Å²) in [6, 6.07) is 2.49. The van der Waals surface area contributed by atoms with Crippen molar-refractivity contribution >= 4 is 22.2 Å². The van der Waals surface area contributed by atoms with Gasteiger partial charge in [-0.15, -0.1) is 0 Å². The molecule has 0 aliphatic heterocycles. The fourth-order valence-corrected chi connectivity index (χ4v) is 4.41. The van der Waals surface area contributed by atoms with Crippen LogP contribution >= 0.6 is 0 Å². The van der Waals surface area contributed by atoms with Crippen molar-refractivity contribution in [3.63, 3.8) is 0 Å². The van der Waals surface area contributed by atoms with Crippen LogP contribution in [0.15, 0.2) is 29.3 Å². The Kier molecular flexibility index (Phi) is 4.45. The highest BCUT2D eigenvalue weighted by atomic mass is 19.2.